The minimum atomic E-state index is 0.230. The van der Waals surface area contributed by atoms with Crippen LogP contribution >= 0.6 is 11.3 Å². The summed E-state index contributed by atoms with van der Waals surface area (Å²) < 4.78 is 10.6. The van der Waals surface area contributed by atoms with E-state index in [0.717, 1.165) is 42.4 Å². The number of ether oxygens (including phenoxy) is 1. The van der Waals surface area contributed by atoms with E-state index >= 15 is 0 Å². The fourth-order valence-corrected chi connectivity index (χ4v) is 3.40. The van der Waals surface area contributed by atoms with Gasteiger partial charge in [-0.05, 0) is 35.2 Å². The summed E-state index contributed by atoms with van der Waals surface area (Å²) in [4.78, 5) is 7.53. The molecule has 1 saturated heterocycles. The Hall–Kier alpha value is -2.95. The number of benzene rings is 1. The number of hydrogen-bond acceptors (Lipinski definition) is 7. The van der Waals surface area contributed by atoms with Crippen molar-refractivity contribution in [2.45, 2.75) is 0 Å². The zero-order valence-electron chi connectivity index (χ0n) is 14.0. The second kappa shape index (κ2) is 7.52. The average Bonchev–Trinajstić information content (AvgIpc) is 3.39. The Morgan fingerprint density at radius 1 is 1.19 bits per heavy atom. The second-order valence-electron chi connectivity index (χ2n) is 5.76. The van der Waals surface area contributed by atoms with Crippen molar-refractivity contribution >= 4 is 28.7 Å². The Kier molecular flexibility index (Phi) is 4.78. The average molecular weight is 364 g/mol. The maximum Gasteiger partial charge on any atom is 0.268 e. The van der Waals surface area contributed by atoms with Gasteiger partial charge in [-0.15, -0.1) is 11.3 Å². The van der Waals surface area contributed by atoms with Gasteiger partial charge in [0.15, 0.2) is 0 Å². The quantitative estimate of drug-likeness (QED) is 0.657. The number of thiophene rings is 1. The number of nitrogens with zero attached hydrogens (tertiary/aromatic N) is 4. The summed E-state index contributed by atoms with van der Waals surface area (Å²) in [5, 5.41) is 15.4. The first kappa shape index (κ1) is 16.5. The zero-order chi connectivity index (χ0) is 17.8. The maximum absolute atomic E-state index is 9.47. The predicted molar refractivity (Wildman–Crippen MR) is 101 cm³/mol. The van der Waals surface area contributed by atoms with Crippen molar-refractivity contribution in [3.8, 4) is 16.8 Å². The van der Waals surface area contributed by atoms with Crippen molar-refractivity contribution in [1.29, 1.82) is 5.26 Å². The van der Waals surface area contributed by atoms with Crippen molar-refractivity contribution in [2.24, 2.45) is 0 Å². The number of morpholine rings is 1. The van der Waals surface area contributed by atoms with Gasteiger partial charge in [-0.1, -0.05) is 23.4 Å². The molecule has 6 nitrogen and oxygen atoms in total. The van der Waals surface area contributed by atoms with Gasteiger partial charge in [0.1, 0.15) is 11.6 Å². The van der Waals surface area contributed by atoms with E-state index in [1.165, 1.54) is 11.3 Å². The molecule has 1 aliphatic heterocycles. The molecule has 26 heavy (non-hydrogen) atoms. The zero-order valence-corrected chi connectivity index (χ0v) is 14.8. The van der Waals surface area contributed by atoms with Crippen LogP contribution in [-0.2, 0) is 4.74 Å². The van der Waals surface area contributed by atoms with E-state index in [1.54, 1.807) is 6.08 Å². The number of rotatable bonds is 4. The molecule has 0 atom stereocenters. The third-order valence-electron chi connectivity index (χ3n) is 4.10. The predicted octanol–water partition coefficient (Wildman–Crippen LogP) is 3.70. The monoisotopic (exact) mass is 364 g/mol. The molecule has 0 aliphatic carbocycles. The lowest BCUT2D eigenvalue weighted by Gasteiger charge is -2.28. The van der Waals surface area contributed by atoms with Crippen LogP contribution in [0.15, 0.2) is 46.3 Å². The van der Waals surface area contributed by atoms with Crippen molar-refractivity contribution < 1.29 is 9.26 Å². The first-order valence-electron chi connectivity index (χ1n) is 8.26. The molecule has 0 amide bonds. The standard InChI is InChI=1S/C19H16N4O2S/c20-13-15(19-21-18(22-25-19)17-2-1-11-26-17)12-14-3-5-16(6-4-14)23-7-9-24-10-8-23/h1-6,11-12H,7-10H2/b15-12+. The Labute approximate surface area is 154 Å². The van der Waals surface area contributed by atoms with Gasteiger partial charge in [-0.2, -0.15) is 10.2 Å². The summed E-state index contributed by atoms with van der Waals surface area (Å²) in [6.45, 7) is 3.30. The fourth-order valence-electron chi connectivity index (χ4n) is 2.75. The van der Waals surface area contributed by atoms with Crippen molar-refractivity contribution in [3.63, 3.8) is 0 Å². The third kappa shape index (κ3) is 3.52. The SMILES string of the molecule is N#C/C(=C\c1ccc(N2CCOCC2)cc1)c1nc(-c2cccs2)no1. The van der Waals surface area contributed by atoms with E-state index in [2.05, 4.69) is 33.2 Å². The minimum absolute atomic E-state index is 0.230. The number of anilines is 1. The molecule has 0 N–H and O–H groups in total. The summed E-state index contributed by atoms with van der Waals surface area (Å²) in [6.07, 6.45) is 1.76. The minimum Gasteiger partial charge on any atom is -0.378 e. The smallest absolute Gasteiger partial charge is 0.268 e. The molecule has 130 valence electrons. The summed E-state index contributed by atoms with van der Waals surface area (Å²) in [7, 11) is 0. The van der Waals surface area contributed by atoms with Crippen LogP contribution in [0, 0.1) is 11.3 Å². The van der Waals surface area contributed by atoms with Crippen LogP contribution in [0.1, 0.15) is 11.5 Å². The number of nitriles is 1. The third-order valence-corrected chi connectivity index (χ3v) is 4.96. The van der Waals surface area contributed by atoms with Crippen LogP contribution in [-0.4, -0.2) is 36.4 Å². The topological polar surface area (TPSA) is 75.2 Å². The van der Waals surface area contributed by atoms with E-state index in [0.29, 0.717) is 11.4 Å². The van der Waals surface area contributed by atoms with Crippen LogP contribution in [0.2, 0.25) is 0 Å². The highest BCUT2D eigenvalue weighted by Gasteiger charge is 2.14. The maximum atomic E-state index is 9.47. The Morgan fingerprint density at radius 3 is 2.69 bits per heavy atom. The molecule has 1 fully saturated rings. The van der Waals surface area contributed by atoms with Crippen LogP contribution in [0.3, 0.4) is 0 Å². The van der Waals surface area contributed by atoms with E-state index in [4.69, 9.17) is 9.26 Å². The number of hydrogen-bond donors (Lipinski definition) is 0. The van der Waals surface area contributed by atoms with Gasteiger partial charge in [-0.3, -0.25) is 0 Å². The molecule has 2 aromatic heterocycles. The molecule has 1 aromatic carbocycles. The molecule has 3 aromatic rings. The van der Waals surface area contributed by atoms with Crippen molar-refractivity contribution in [1.82, 2.24) is 10.1 Å². The highest BCUT2D eigenvalue weighted by Crippen LogP contribution is 2.25. The van der Waals surface area contributed by atoms with Gasteiger partial charge in [0.2, 0.25) is 5.82 Å². The van der Waals surface area contributed by atoms with Crippen molar-refractivity contribution in [2.75, 3.05) is 31.2 Å². The molecule has 0 saturated carbocycles. The Bertz CT molecular complexity index is 933. The van der Waals surface area contributed by atoms with Crippen LogP contribution in [0.5, 0.6) is 0 Å². The normalized spacial score (nSPS) is 15.0. The van der Waals surface area contributed by atoms with Crippen LogP contribution < -0.4 is 4.90 Å². The van der Waals surface area contributed by atoms with Gasteiger partial charge in [0.25, 0.3) is 5.89 Å². The lowest BCUT2D eigenvalue weighted by atomic mass is 10.1. The summed E-state index contributed by atoms with van der Waals surface area (Å²) in [6, 6.07) is 14.1. The van der Waals surface area contributed by atoms with Crippen LogP contribution in [0.4, 0.5) is 5.69 Å². The highest BCUT2D eigenvalue weighted by atomic mass is 32.1. The number of allylic oxidation sites excluding steroid dienone is 1. The Morgan fingerprint density at radius 2 is 2.00 bits per heavy atom. The molecule has 0 bridgehead atoms. The van der Waals surface area contributed by atoms with Gasteiger partial charge < -0.3 is 14.2 Å². The van der Waals surface area contributed by atoms with E-state index in [9.17, 15) is 5.26 Å². The second-order valence-corrected chi connectivity index (χ2v) is 6.71. The molecule has 0 spiro atoms. The molecule has 4 rings (SSSR count). The van der Waals surface area contributed by atoms with Crippen LogP contribution in [0.25, 0.3) is 22.4 Å². The summed E-state index contributed by atoms with van der Waals surface area (Å²) in [5.41, 5.74) is 2.41. The molecule has 3 heterocycles. The summed E-state index contributed by atoms with van der Waals surface area (Å²) >= 11 is 1.53. The first-order chi connectivity index (χ1) is 12.8. The molecule has 1 aliphatic rings. The molecule has 0 unspecified atom stereocenters. The van der Waals surface area contributed by atoms with E-state index < -0.39 is 0 Å². The van der Waals surface area contributed by atoms with Crippen molar-refractivity contribution in [3.05, 3.63) is 53.2 Å². The number of aromatic nitrogens is 2. The van der Waals surface area contributed by atoms with Gasteiger partial charge >= 0.3 is 0 Å². The molecule has 7 heteroatoms. The molecule has 0 radical (unpaired) electrons. The Balaban J connectivity index is 1.55. The van der Waals surface area contributed by atoms with E-state index in [1.807, 2.05) is 29.6 Å². The lowest BCUT2D eigenvalue weighted by molar-refractivity contribution is 0.122. The van der Waals surface area contributed by atoms with E-state index in [-0.39, 0.29) is 5.89 Å². The first-order valence-corrected chi connectivity index (χ1v) is 9.14. The summed E-state index contributed by atoms with van der Waals surface area (Å²) in [5.74, 6) is 0.729. The fraction of sp³-hybridized carbons (Fsp3) is 0.211. The largest absolute Gasteiger partial charge is 0.378 e. The lowest BCUT2D eigenvalue weighted by Crippen LogP contribution is -2.36. The van der Waals surface area contributed by atoms with Gasteiger partial charge in [-0.25, -0.2) is 0 Å². The molecular formula is C19H16N4O2S. The molecular weight excluding hydrogens is 348 g/mol. The highest BCUT2D eigenvalue weighted by molar-refractivity contribution is 7.13. The van der Waals surface area contributed by atoms with Gasteiger partial charge in [0.05, 0.1) is 18.1 Å². The van der Waals surface area contributed by atoms with Gasteiger partial charge in [0, 0.05) is 18.8 Å².